The van der Waals surface area contributed by atoms with Gasteiger partial charge in [-0.25, -0.2) is 4.79 Å². The van der Waals surface area contributed by atoms with Crippen LogP contribution in [0.1, 0.15) is 29.9 Å². The molecule has 144 valence electrons. The van der Waals surface area contributed by atoms with Gasteiger partial charge < -0.3 is 20.6 Å². The Bertz CT molecular complexity index is 648. The minimum Gasteiger partial charge on any atom is -0.390 e. The molecule has 0 bridgehead atoms. The molecule has 0 unspecified atom stereocenters. The van der Waals surface area contributed by atoms with Crippen molar-refractivity contribution in [1.82, 2.24) is 15.5 Å². The zero-order chi connectivity index (χ0) is 18.9. The number of nitrogens with one attached hydrogen (secondary N) is 2. The molecule has 0 aromatic heterocycles. The summed E-state index contributed by atoms with van der Waals surface area (Å²) in [5, 5.41) is 15.8. The molecule has 1 aliphatic heterocycles. The molecule has 1 saturated heterocycles. The molecule has 1 heterocycles. The number of urea groups is 1. The van der Waals surface area contributed by atoms with E-state index in [9.17, 15) is 9.90 Å². The van der Waals surface area contributed by atoms with Gasteiger partial charge in [0.2, 0.25) is 0 Å². The molecule has 1 aliphatic rings. The van der Waals surface area contributed by atoms with Gasteiger partial charge in [0.15, 0.2) is 0 Å². The van der Waals surface area contributed by atoms with Crippen LogP contribution in [0.3, 0.4) is 0 Å². The highest BCUT2D eigenvalue weighted by Crippen LogP contribution is 2.23. The fourth-order valence-corrected chi connectivity index (χ4v) is 3.59. The Hall–Kier alpha value is -2.37. The van der Waals surface area contributed by atoms with Crippen LogP contribution in [0.25, 0.3) is 0 Å². The van der Waals surface area contributed by atoms with E-state index in [2.05, 4.69) is 39.8 Å². The SMILES string of the molecule is O=C(NCC(c1ccccc1)c1ccccc1)NC[C@H](O)CN1CCCC1. The largest absolute Gasteiger partial charge is 0.390 e. The third kappa shape index (κ3) is 6.08. The topological polar surface area (TPSA) is 64.6 Å². The Morgan fingerprint density at radius 2 is 1.41 bits per heavy atom. The van der Waals surface area contributed by atoms with Crippen molar-refractivity contribution in [3.63, 3.8) is 0 Å². The third-order valence-corrected chi connectivity index (χ3v) is 5.04. The van der Waals surface area contributed by atoms with Gasteiger partial charge in [0.25, 0.3) is 0 Å². The molecule has 3 N–H and O–H groups in total. The normalized spacial score (nSPS) is 15.6. The van der Waals surface area contributed by atoms with Gasteiger partial charge in [-0.05, 0) is 37.1 Å². The highest BCUT2D eigenvalue weighted by molar-refractivity contribution is 5.74. The number of nitrogens with zero attached hydrogens (tertiary/aromatic N) is 1. The Labute approximate surface area is 161 Å². The minimum absolute atomic E-state index is 0.0904. The lowest BCUT2D eigenvalue weighted by molar-refractivity contribution is 0.124. The van der Waals surface area contributed by atoms with Gasteiger partial charge in [-0.15, -0.1) is 0 Å². The van der Waals surface area contributed by atoms with E-state index in [1.807, 2.05) is 36.4 Å². The van der Waals surface area contributed by atoms with Crippen LogP contribution in [-0.2, 0) is 0 Å². The number of likely N-dealkylation sites (tertiary alicyclic amines) is 1. The van der Waals surface area contributed by atoms with E-state index < -0.39 is 6.10 Å². The molecule has 0 saturated carbocycles. The van der Waals surface area contributed by atoms with Crippen molar-refractivity contribution in [3.8, 4) is 0 Å². The molecule has 2 aromatic rings. The van der Waals surface area contributed by atoms with E-state index in [0.717, 1.165) is 24.2 Å². The Morgan fingerprint density at radius 1 is 0.889 bits per heavy atom. The molecule has 0 radical (unpaired) electrons. The van der Waals surface area contributed by atoms with Gasteiger partial charge in [0.1, 0.15) is 0 Å². The van der Waals surface area contributed by atoms with Crippen molar-refractivity contribution in [2.75, 3.05) is 32.7 Å². The highest BCUT2D eigenvalue weighted by atomic mass is 16.3. The van der Waals surface area contributed by atoms with E-state index in [4.69, 9.17) is 0 Å². The number of benzene rings is 2. The maximum absolute atomic E-state index is 12.2. The predicted octanol–water partition coefficient (Wildman–Crippen LogP) is 2.57. The molecule has 5 nitrogen and oxygen atoms in total. The summed E-state index contributed by atoms with van der Waals surface area (Å²) in [6.45, 7) is 3.47. The second-order valence-corrected chi connectivity index (χ2v) is 7.13. The predicted molar refractivity (Wildman–Crippen MR) is 108 cm³/mol. The quantitative estimate of drug-likeness (QED) is 0.672. The second-order valence-electron chi connectivity index (χ2n) is 7.13. The summed E-state index contributed by atoms with van der Waals surface area (Å²) in [6, 6.07) is 20.1. The summed E-state index contributed by atoms with van der Waals surface area (Å²) in [5.41, 5.74) is 2.33. The smallest absolute Gasteiger partial charge is 0.314 e. The minimum atomic E-state index is -0.534. The van der Waals surface area contributed by atoms with Gasteiger partial charge in [-0.2, -0.15) is 0 Å². The molecule has 0 aliphatic carbocycles. The van der Waals surface area contributed by atoms with Crippen LogP contribution >= 0.6 is 0 Å². The fraction of sp³-hybridized carbons (Fsp3) is 0.409. The van der Waals surface area contributed by atoms with Crippen molar-refractivity contribution >= 4 is 6.03 Å². The number of carbonyl (C=O) groups excluding carboxylic acids is 1. The monoisotopic (exact) mass is 367 g/mol. The van der Waals surface area contributed by atoms with Crippen LogP contribution < -0.4 is 10.6 Å². The van der Waals surface area contributed by atoms with Crippen LogP contribution in [0.2, 0.25) is 0 Å². The van der Waals surface area contributed by atoms with Gasteiger partial charge in [0, 0.05) is 25.6 Å². The molecule has 2 amide bonds. The van der Waals surface area contributed by atoms with Crippen molar-refractivity contribution in [2.45, 2.75) is 24.9 Å². The molecule has 1 fully saturated rings. The first-order valence-electron chi connectivity index (χ1n) is 9.74. The van der Waals surface area contributed by atoms with Crippen molar-refractivity contribution in [2.24, 2.45) is 0 Å². The molecular formula is C22H29N3O2. The van der Waals surface area contributed by atoms with Gasteiger partial charge in [-0.3, -0.25) is 0 Å². The van der Waals surface area contributed by atoms with Crippen LogP contribution in [-0.4, -0.2) is 54.9 Å². The zero-order valence-corrected chi connectivity index (χ0v) is 15.7. The number of hydrogen-bond donors (Lipinski definition) is 3. The average molecular weight is 367 g/mol. The zero-order valence-electron chi connectivity index (χ0n) is 15.7. The first-order valence-corrected chi connectivity index (χ1v) is 9.74. The Balaban J connectivity index is 1.50. The lowest BCUT2D eigenvalue weighted by Gasteiger charge is -2.21. The molecule has 5 heteroatoms. The highest BCUT2D eigenvalue weighted by Gasteiger charge is 2.17. The number of hydrogen-bond acceptors (Lipinski definition) is 3. The molecular weight excluding hydrogens is 338 g/mol. The maximum Gasteiger partial charge on any atom is 0.314 e. The van der Waals surface area contributed by atoms with Crippen molar-refractivity contribution in [1.29, 1.82) is 0 Å². The van der Waals surface area contributed by atoms with E-state index in [1.54, 1.807) is 0 Å². The maximum atomic E-state index is 12.2. The van der Waals surface area contributed by atoms with Crippen LogP contribution in [0.15, 0.2) is 60.7 Å². The summed E-state index contributed by atoms with van der Waals surface area (Å²) in [7, 11) is 0. The third-order valence-electron chi connectivity index (χ3n) is 5.04. The van der Waals surface area contributed by atoms with Crippen LogP contribution in [0, 0.1) is 0 Å². The molecule has 2 aromatic carbocycles. The average Bonchev–Trinajstić information content (AvgIpc) is 3.21. The first-order chi connectivity index (χ1) is 13.2. The van der Waals surface area contributed by atoms with Gasteiger partial charge in [0.05, 0.1) is 6.10 Å². The van der Waals surface area contributed by atoms with Crippen molar-refractivity contribution in [3.05, 3.63) is 71.8 Å². The van der Waals surface area contributed by atoms with Crippen LogP contribution in [0.5, 0.6) is 0 Å². The Morgan fingerprint density at radius 3 is 1.96 bits per heavy atom. The van der Waals surface area contributed by atoms with E-state index in [0.29, 0.717) is 13.1 Å². The summed E-state index contributed by atoms with van der Waals surface area (Å²) >= 11 is 0. The number of aliphatic hydroxyl groups excluding tert-OH is 1. The van der Waals surface area contributed by atoms with Gasteiger partial charge in [-0.1, -0.05) is 60.7 Å². The van der Waals surface area contributed by atoms with Crippen LogP contribution in [0.4, 0.5) is 4.79 Å². The summed E-state index contributed by atoms with van der Waals surface area (Å²) in [5.74, 6) is 0.0904. The van der Waals surface area contributed by atoms with Gasteiger partial charge >= 0.3 is 6.03 Å². The lowest BCUT2D eigenvalue weighted by Crippen LogP contribution is -2.44. The second kappa shape index (κ2) is 10.1. The summed E-state index contributed by atoms with van der Waals surface area (Å²) < 4.78 is 0. The molecule has 1 atom stereocenters. The molecule has 0 spiro atoms. The van der Waals surface area contributed by atoms with E-state index in [-0.39, 0.29) is 18.5 Å². The number of aliphatic hydroxyl groups is 1. The summed E-state index contributed by atoms with van der Waals surface area (Å²) in [6.07, 6.45) is 1.86. The first kappa shape index (κ1) is 19.4. The van der Waals surface area contributed by atoms with E-state index >= 15 is 0 Å². The number of carbonyl (C=O) groups is 1. The number of amides is 2. The molecule has 27 heavy (non-hydrogen) atoms. The standard InChI is InChI=1S/C22H29N3O2/c26-20(17-25-13-7-8-14-25)15-23-22(27)24-16-21(18-9-3-1-4-10-18)19-11-5-2-6-12-19/h1-6,9-12,20-21,26H,7-8,13-17H2,(H2,23,24,27)/t20-/m0/s1. The van der Waals surface area contributed by atoms with Crippen molar-refractivity contribution < 1.29 is 9.90 Å². The lowest BCUT2D eigenvalue weighted by atomic mass is 9.91. The Kier molecular flexibility index (Phi) is 7.25. The number of rotatable bonds is 8. The molecule has 3 rings (SSSR count). The van der Waals surface area contributed by atoms with E-state index in [1.165, 1.54) is 12.8 Å². The fourth-order valence-electron chi connectivity index (χ4n) is 3.59. The summed E-state index contributed by atoms with van der Waals surface area (Å²) in [4.78, 5) is 14.4. The number of β-amino-alcohol motifs (C(OH)–C–C–N with tert-alkyl or cyclic N) is 1.